The lowest BCUT2D eigenvalue weighted by Gasteiger charge is -2.09. The maximum absolute atomic E-state index is 12.6. The Labute approximate surface area is 110 Å². The lowest BCUT2D eigenvalue weighted by molar-refractivity contribution is -0.137. The third-order valence-corrected chi connectivity index (χ3v) is 2.91. The van der Waals surface area contributed by atoms with Gasteiger partial charge in [-0.3, -0.25) is 0 Å². The van der Waals surface area contributed by atoms with Crippen LogP contribution in [0.4, 0.5) is 18.9 Å². The van der Waals surface area contributed by atoms with E-state index in [0.29, 0.717) is 12.0 Å². The normalized spacial score (nSPS) is 11.4. The predicted octanol–water partition coefficient (Wildman–Crippen LogP) is 4.34. The molecule has 0 heterocycles. The van der Waals surface area contributed by atoms with Crippen molar-refractivity contribution in [2.45, 2.75) is 12.6 Å². The number of rotatable bonds is 3. The van der Waals surface area contributed by atoms with E-state index in [-0.39, 0.29) is 0 Å². The standard InChI is InChI=1S/C15H14F3N/c1-19-14-7-5-11(6-8-14)9-12-3-2-4-13(10-12)15(16,17)18/h2-8,10,19H,9H2,1H3. The summed E-state index contributed by atoms with van der Waals surface area (Å²) in [6.07, 6.45) is -3.79. The van der Waals surface area contributed by atoms with E-state index in [1.807, 2.05) is 31.3 Å². The second kappa shape index (κ2) is 5.34. The summed E-state index contributed by atoms with van der Waals surface area (Å²) in [5, 5.41) is 3.00. The van der Waals surface area contributed by atoms with Crippen LogP contribution in [0.15, 0.2) is 48.5 Å². The minimum atomic E-state index is -4.29. The zero-order chi connectivity index (χ0) is 13.9. The van der Waals surface area contributed by atoms with Crippen LogP contribution in [0.1, 0.15) is 16.7 Å². The van der Waals surface area contributed by atoms with Gasteiger partial charge in [0.05, 0.1) is 5.56 Å². The van der Waals surface area contributed by atoms with E-state index in [1.54, 1.807) is 6.07 Å². The molecule has 4 heteroatoms. The molecule has 0 aromatic heterocycles. The van der Waals surface area contributed by atoms with Gasteiger partial charge in [-0.1, -0.05) is 30.3 Å². The SMILES string of the molecule is CNc1ccc(Cc2cccc(C(F)(F)F)c2)cc1. The van der Waals surface area contributed by atoms with Crippen molar-refractivity contribution < 1.29 is 13.2 Å². The van der Waals surface area contributed by atoms with Crippen molar-refractivity contribution in [3.63, 3.8) is 0 Å². The highest BCUT2D eigenvalue weighted by atomic mass is 19.4. The summed E-state index contributed by atoms with van der Waals surface area (Å²) in [6, 6.07) is 13.1. The second-order valence-electron chi connectivity index (χ2n) is 4.32. The fourth-order valence-corrected chi connectivity index (χ4v) is 1.88. The lowest BCUT2D eigenvalue weighted by Crippen LogP contribution is -2.05. The van der Waals surface area contributed by atoms with Gasteiger partial charge in [-0.2, -0.15) is 13.2 Å². The van der Waals surface area contributed by atoms with E-state index in [1.165, 1.54) is 12.1 Å². The molecule has 100 valence electrons. The Kier molecular flexibility index (Phi) is 3.79. The minimum absolute atomic E-state index is 0.494. The molecule has 0 saturated heterocycles. The first-order valence-corrected chi connectivity index (χ1v) is 5.92. The molecule has 0 fully saturated rings. The summed E-state index contributed by atoms with van der Waals surface area (Å²) in [4.78, 5) is 0. The average Bonchev–Trinajstić information content (AvgIpc) is 2.39. The molecule has 0 bridgehead atoms. The van der Waals surface area contributed by atoms with E-state index in [4.69, 9.17) is 0 Å². The van der Waals surface area contributed by atoms with Crippen LogP contribution >= 0.6 is 0 Å². The smallest absolute Gasteiger partial charge is 0.388 e. The topological polar surface area (TPSA) is 12.0 Å². The highest BCUT2D eigenvalue weighted by molar-refractivity contribution is 5.44. The molecule has 2 aromatic rings. The number of benzene rings is 2. The molecule has 2 rings (SSSR count). The maximum atomic E-state index is 12.6. The first-order valence-electron chi connectivity index (χ1n) is 5.92. The number of alkyl halides is 3. The van der Waals surface area contributed by atoms with Gasteiger partial charge in [0.25, 0.3) is 0 Å². The van der Waals surface area contributed by atoms with E-state index in [9.17, 15) is 13.2 Å². The maximum Gasteiger partial charge on any atom is 0.416 e. The van der Waals surface area contributed by atoms with Crippen molar-refractivity contribution in [1.82, 2.24) is 0 Å². The molecule has 1 nitrogen and oxygen atoms in total. The molecule has 0 amide bonds. The van der Waals surface area contributed by atoms with Crippen LogP contribution in [0.5, 0.6) is 0 Å². The Balaban J connectivity index is 2.18. The predicted molar refractivity (Wildman–Crippen MR) is 70.2 cm³/mol. The minimum Gasteiger partial charge on any atom is -0.388 e. The number of anilines is 1. The Morgan fingerprint density at radius 2 is 1.63 bits per heavy atom. The zero-order valence-corrected chi connectivity index (χ0v) is 10.5. The highest BCUT2D eigenvalue weighted by Crippen LogP contribution is 2.30. The number of halogens is 3. The molecule has 19 heavy (non-hydrogen) atoms. The van der Waals surface area contributed by atoms with Crippen molar-refractivity contribution in [1.29, 1.82) is 0 Å². The third-order valence-electron chi connectivity index (χ3n) is 2.91. The molecule has 0 unspecified atom stereocenters. The fourth-order valence-electron chi connectivity index (χ4n) is 1.88. The molecule has 0 atom stereocenters. The third kappa shape index (κ3) is 3.50. The van der Waals surface area contributed by atoms with Gasteiger partial charge in [0.1, 0.15) is 0 Å². The van der Waals surface area contributed by atoms with Gasteiger partial charge in [-0.05, 0) is 35.7 Å². The fraction of sp³-hybridized carbons (Fsp3) is 0.200. The van der Waals surface area contributed by atoms with Crippen molar-refractivity contribution in [3.8, 4) is 0 Å². The Hall–Kier alpha value is -1.97. The summed E-state index contributed by atoms with van der Waals surface area (Å²) in [6.45, 7) is 0. The zero-order valence-electron chi connectivity index (χ0n) is 10.5. The number of hydrogen-bond acceptors (Lipinski definition) is 1. The highest BCUT2D eigenvalue weighted by Gasteiger charge is 2.30. The first-order chi connectivity index (χ1) is 8.99. The summed E-state index contributed by atoms with van der Waals surface area (Å²) in [5.74, 6) is 0. The van der Waals surface area contributed by atoms with Crippen molar-refractivity contribution in [3.05, 3.63) is 65.2 Å². The van der Waals surface area contributed by atoms with Crippen molar-refractivity contribution in [2.24, 2.45) is 0 Å². The molecule has 0 saturated carbocycles. The molecule has 1 N–H and O–H groups in total. The van der Waals surface area contributed by atoms with Gasteiger partial charge >= 0.3 is 6.18 Å². The van der Waals surface area contributed by atoms with Gasteiger partial charge < -0.3 is 5.32 Å². The molecule has 0 spiro atoms. The molecule has 0 aliphatic rings. The van der Waals surface area contributed by atoms with Crippen LogP contribution in [0.2, 0.25) is 0 Å². The van der Waals surface area contributed by atoms with E-state index in [2.05, 4.69) is 5.32 Å². The molecule has 2 aromatic carbocycles. The molecular weight excluding hydrogens is 251 g/mol. The van der Waals surface area contributed by atoms with Crippen LogP contribution < -0.4 is 5.32 Å². The van der Waals surface area contributed by atoms with Gasteiger partial charge in [-0.25, -0.2) is 0 Å². The van der Waals surface area contributed by atoms with Crippen molar-refractivity contribution >= 4 is 5.69 Å². The van der Waals surface area contributed by atoms with Gasteiger partial charge in [-0.15, -0.1) is 0 Å². The lowest BCUT2D eigenvalue weighted by atomic mass is 10.0. The van der Waals surface area contributed by atoms with Crippen LogP contribution in [0, 0.1) is 0 Å². The van der Waals surface area contributed by atoms with Gasteiger partial charge in [0.15, 0.2) is 0 Å². The summed E-state index contributed by atoms with van der Waals surface area (Å²) in [7, 11) is 1.82. The van der Waals surface area contributed by atoms with Crippen LogP contribution in [-0.4, -0.2) is 7.05 Å². The number of hydrogen-bond donors (Lipinski definition) is 1. The van der Waals surface area contributed by atoms with Crippen LogP contribution in [-0.2, 0) is 12.6 Å². The first kappa shape index (κ1) is 13.5. The second-order valence-corrected chi connectivity index (χ2v) is 4.32. The summed E-state index contributed by atoms with van der Waals surface area (Å²) >= 11 is 0. The van der Waals surface area contributed by atoms with E-state index < -0.39 is 11.7 Å². The average molecular weight is 265 g/mol. The quantitative estimate of drug-likeness (QED) is 0.870. The number of nitrogens with one attached hydrogen (secondary N) is 1. The molecular formula is C15H14F3N. The molecule has 0 aliphatic carbocycles. The van der Waals surface area contributed by atoms with E-state index in [0.717, 1.165) is 17.3 Å². The van der Waals surface area contributed by atoms with Gasteiger partial charge in [0.2, 0.25) is 0 Å². The summed E-state index contributed by atoms with van der Waals surface area (Å²) < 4.78 is 37.8. The molecule has 0 aliphatic heterocycles. The van der Waals surface area contributed by atoms with E-state index >= 15 is 0 Å². The summed E-state index contributed by atoms with van der Waals surface area (Å²) in [5.41, 5.74) is 2.02. The van der Waals surface area contributed by atoms with Gasteiger partial charge in [0, 0.05) is 12.7 Å². The Morgan fingerprint density at radius 1 is 0.947 bits per heavy atom. The van der Waals surface area contributed by atoms with Crippen LogP contribution in [0.25, 0.3) is 0 Å². The Morgan fingerprint density at radius 3 is 2.21 bits per heavy atom. The monoisotopic (exact) mass is 265 g/mol. The van der Waals surface area contributed by atoms with Crippen molar-refractivity contribution in [2.75, 3.05) is 12.4 Å². The van der Waals surface area contributed by atoms with Crippen LogP contribution in [0.3, 0.4) is 0 Å². The molecule has 0 radical (unpaired) electrons. The largest absolute Gasteiger partial charge is 0.416 e. The Bertz CT molecular complexity index is 544.